The average molecular weight is 229 g/mol. The molecule has 0 saturated heterocycles. The van der Waals surface area contributed by atoms with E-state index in [1.165, 1.54) is 12.1 Å². The first kappa shape index (κ1) is 13.1. The van der Waals surface area contributed by atoms with Crippen molar-refractivity contribution in [3.8, 4) is 0 Å². The van der Waals surface area contributed by atoms with E-state index >= 15 is 0 Å². The third kappa shape index (κ3) is 5.19. The molecule has 0 radical (unpaired) electrons. The van der Waals surface area contributed by atoms with Gasteiger partial charge in [-0.3, -0.25) is 0 Å². The smallest absolute Gasteiger partial charge is 0.126 e. The first-order valence-electron chi connectivity index (χ1n) is 5.37. The summed E-state index contributed by atoms with van der Waals surface area (Å²) in [6.45, 7) is 2.30. The predicted octanol–water partition coefficient (Wildman–Crippen LogP) is 2.13. The highest BCUT2D eigenvalue weighted by Gasteiger charge is 2.00. The van der Waals surface area contributed by atoms with E-state index in [1.807, 2.05) is 0 Å². The van der Waals surface area contributed by atoms with Crippen LogP contribution < -0.4 is 5.32 Å². The fourth-order valence-corrected chi connectivity index (χ4v) is 1.47. The highest BCUT2D eigenvalue weighted by molar-refractivity contribution is 5.17. The van der Waals surface area contributed by atoms with E-state index in [-0.39, 0.29) is 0 Å². The van der Waals surface area contributed by atoms with Gasteiger partial charge in [-0.2, -0.15) is 0 Å². The molecule has 1 N–H and O–H groups in total. The maximum Gasteiger partial charge on any atom is 0.126 e. The summed E-state index contributed by atoms with van der Waals surface area (Å²) < 4.78 is 30.5. The number of rotatable bonds is 7. The molecule has 2 nitrogen and oxygen atoms in total. The van der Waals surface area contributed by atoms with Crippen LogP contribution in [0.1, 0.15) is 12.0 Å². The molecule has 0 spiro atoms. The maximum atomic E-state index is 12.8. The lowest BCUT2D eigenvalue weighted by Gasteiger charge is -2.04. The molecule has 0 aromatic heterocycles. The Morgan fingerprint density at radius 1 is 1.12 bits per heavy atom. The van der Waals surface area contributed by atoms with Crippen molar-refractivity contribution in [2.45, 2.75) is 12.8 Å². The molecule has 0 heterocycles. The Hall–Kier alpha value is -1.00. The summed E-state index contributed by atoms with van der Waals surface area (Å²) >= 11 is 0. The Balaban J connectivity index is 2.21. The monoisotopic (exact) mass is 229 g/mol. The Morgan fingerprint density at radius 2 is 1.81 bits per heavy atom. The standard InChI is InChI=1S/C12H17F2NO/c1-16-6-5-15-4-2-3-10-7-11(13)9-12(14)8-10/h7-9,15H,2-6H2,1H3. The van der Waals surface area contributed by atoms with E-state index in [4.69, 9.17) is 4.74 Å². The lowest BCUT2D eigenvalue weighted by atomic mass is 10.1. The molecular weight excluding hydrogens is 212 g/mol. The number of methoxy groups -OCH3 is 1. The van der Waals surface area contributed by atoms with Gasteiger partial charge in [0.25, 0.3) is 0 Å². The van der Waals surface area contributed by atoms with E-state index in [2.05, 4.69) is 5.32 Å². The zero-order chi connectivity index (χ0) is 11.8. The highest BCUT2D eigenvalue weighted by Crippen LogP contribution is 2.09. The molecule has 16 heavy (non-hydrogen) atoms. The molecule has 90 valence electrons. The third-order valence-corrected chi connectivity index (χ3v) is 2.22. The fraction of sp³-hybridized carbons (Fsp3) is 0.500. The van der Waals surface area contributed by atoms with Crippen LogP contribution in [0.25, 0.3) is 0 Å². The van der Waals surface area contributed by atoms with Gasteiger partial charge in [0.15, 0.2) is 0 Å². The highest BCUT2D eigenvalue weighted by atomic mass is 19.1. The quantitative estimate of drug-likeness (QED) is 0.723. The van der Waals surface area contributed by atoms with Gasteiger partial charge < -0.3 is 10.1 Å². The van der Waals surface area contributed by atoms with Crippen molar-refractivity contribution in [1.29, 1.82) is 0 Å². The van der Waals surface area contributed by atoms with Crippen LogP contribution >= 0.6 is 0 Å². The van der Waals surface area contributed by atoms with Crippen LogP contribution in [0.15, 0.2) is 18.2 Å². The van der Waals surface area contributed by atoms with Crippen LogP contribution in [0.3, 0.4) is 0 Å². The number of aryl methyl sites for hydroxylation is 1. The molecule has 1 aromatic carbocycles. The number of halogens is 2. The molecule has 0 atom stereocenters. The molecule has 0 aliphatic heterocycles. The van der Waals surface area contributed by atoms with Gasteiger partial charge in [0, 0.05) is 19.7 Å². The summed E-state index contributed by atoms with van der Waals surface area (Å²) in [5.74, 6) is -1.02. The SMILES string of the molecule is COCCNCCCc1cc(F)cc(F)c1. The van der Waals surface area contributed by atoms with Gasteiger partial charge >= 0.3 is 0 Å². The van der Waals surface area contributed by atoms with E-state index in [1.54, 1.807) is 7.11 Å². The van der Waals surface area contributed by atoms with Crippen molar-refractivity contribution in [2.75, 3.05) is 26.8 Å². The van der Waals surface area contributed by atoms with Crippen LogP contribution in [0.5, 0.6) is 0 Å². The Bertz CT molecular complexity index is 298. The van der Waals surface area contributed by atoms with Gasteiger partial charge in [0.2, 0.25) is 0 Å². The zero-order valence-electron chi connectivity index (χ0n) is 9.43. The number of hydrogen-bond donors (Lipinski definition) is 1. The second-order valence-electron chi connectivity index (χ2n) is 3.62. The van der Waals surface area contributed by atoms with Gasteiger partial charge in [-0.05, 0) is 37.1 Å². The number of nitrogens with one attached hydrogen (secondary N) is 1. The molecule has 4 heteroatoms. The molecule has 0 bridgehead atoms. The molecular formula is C12H17F2NO. The van der Waals surface area contributed by atoms with Gasteiger partial charge in [0.1, 0.15) is 11.6 Å². The van der Waals surface area contributed by atoms with Crippen LogP contribution in [-0.2, 0) is 11.2 Å². The number of ether oxygens (including phenoxy) is 1. The maximum absolute atomic E-state index is 12.8. The van der Waals surface area contributed by atoms with E-state index < -0.39 is 11.6 Å². The van der Waals surface area contributed by atoms with E-state index in [0.717, 1.165) is 25.6 Å². The Morgan fingerprint density at radius 3 is 2.44 bits per heavy atom. The summed E-state index contributed by atoms with van der Waals surface area (Å²) in [6, 6.07) is 3.64. The number of hydrogen-bond acceptors (Lipinski definition) is 2. The lowest BCUT2D eigenvalue weighted by molar-refractivity contribution is 0.199. The van der Waals surface area contributed by atoms with E-state index in [0.29, 0.717) is 18.6 Å². The molecule has 0 aliphatic rings. The molecule has 0 amide bonds. The Labute approximate surface area is 94.6 Å². The van der Waals surface area contributed by atoms with Gasteiger partial charge in [-0.1, -0.05) is 0 Å². The average Bonchev–Trinajstić information content (AvgIpc) is 2.22. The topological polar surface area (TPSA) is 21.3 Å². The first-order valence-corrected chi connectivity index (χ1v) is 5.37. The van der Waals surface area contributed by atoms with Gasteiger partial charge in [-0.25, -0.2) is 8.78 Å². The van der Waals surface area contributed by atoms with Crippen LogP contribution in [0.2, 0.25) is 0 Å². The number of benzene rings is 1. The van der Waals surface area contributed by atoms with Crippen molar-refractivity contribution in [3.05, 3.63) is 35.4 Å². The van der Waals surface area contributed by atoms with E-state index in [9.17, 15) is 8.78 Å². The molecule has 1 rings (SSSR count). The van der Waals surface area contributed by atoms with Crippen LogP contribution in [0.4, 0.5) is 8.78 Å². The second kappa shape index (κ2) is 7.30. The minimum atomic E-state index is -0.512. The first-order chi connectivity index (χ1) is 7.72. The summed E-state index contributed by atoms with van der Waals surface area (Å²) in [7, 11) is 1.65. The predicted molar refractivity (Wildman–Crippen MR) is 59.4 cm³/mol. The minimum absolute atomic E-state index is 0.512. The van der Waals surface area contributed by atoms with Crippen molar-refractivity contribution >= 4 is 0 Å². The summed E-state index contributed by atoms with van der Waals surface area (Å²) in [5, 5.41) is 3.17. The van der Waals surface area contributed by atoms with Crippen molar-refractivity contribution in [2.24, 2.45) is 0 Å². The summed E-state index contributed by atoms with van der Waals surface area (Å²) in [4.78, 5) is 0. The zero-order valence-corrected chi connectivity index (χ0v) is 9.43. The Kier molecular flexibility index (Phi) is 5.96. The summed E-state index contributed by atoms with van der Waals surface area (Å²) in [5.41, 5.74) is 0.700. The van der Waals surface area contributed by atoms with Crippen molar-refractivity contribution < 1.29 is 13.5 Å². The summed E-state index contributed by atoms with van der Waals surface area (Å²) in [6.07, 6.45) is 1.53. The largest absolute Gasteiger partial charge is 0.383 e. The minimum Gasteiger partial charge on any atom is -0.383 e. The fourth-order valence-electron chi connectivity index (χ4n) is 1.47. The third-order valence-electron chi connectivity index (χ3n) is 2.22. The van der Waals surface area contributed by atoms with Crippen molar-refractivity contribution in [3.63, 3.8) is 0 Å². The van der Waals surface area contributed by atoms with Crippen LogP contribution in [0, 0.1) is 11.6 Å². The molecule has 0 aliphatic carbocycles. The van der Waals surface area contributed by atoms with Gasteiger partial charge in [-0.15, -0.1) is 0 Å². The van der Waals surface area contributed by atoms with Crippen LogP contribution in [-0.4, -0.2) is 26.8 Å². The molecule has 0 fully saturated rings. The normalized spacial score (nSPS) is 10.7. The van der Waals surface area contributed by atoms with Crippen molar-refractivity contribution in [1.82, 2.24) is 5.32 Å². The van der Waals surface area contributed by atoms with Gasteiger partial charge in [0.05, 0.1) is 6.61 Å². The molecule has 0 unspecified atom stereocenters. The second-order valence-corrected chi connectivity index (χ2v) is 3.62. The molecule has 1 aromatic rings. The molecule has 0 saturated carbocycles. The lowest BCUT2D eigenvalue weighted by Crippen LogP contribution is -2.20.